The van der Waals surface area contributed by atoms with Crippen molar-refractivity contribution in [2.75, 3.05) is 5.32 Å². The number of para-hydroxylation sites is 1. The highest BCUT2D eigenvalue weighted by atomic mass is 35.5. The van der Waals surface area contributed by atoms with Crippen molar-refractivity contribution in [2.45, 2.75) is 6.54 Å². The van der Waals surface area contributed by atoms with E-state index in [-0.39, 0.29) is 6.03 Å². The number of hydrogen-bond acceptors (Lipinski definition) is 3. The summed E-state index contributed by atoms with van der Waals surface area (Å²) in [7, 11) is 0. The van der Waals surface area contributed by atoms with Crippen molar-refractivity contribution in [1.29, 1.82) is 0 Å². The van der Waals surface area contributed by atoms with Crippen molar-refractivity contribution in [3.63, 3.8) is 0 Å². The Balaban J connectivity index is 1.60. The van der Waals surface area contributed by atoms with Crippen molar-refractivity contribution < 1.29 is 4.79 Å². The van der Waals surface area contributed by atoms with Gasteiger partial charge in [0.05, 0.1) is 26.8 Å². The number of rotatable bonds is 3. The standard InChI is InChI=1S/C15H11Cl2N3OS/c16-10-6-5-9(7-11(10)17)19-15(21)18-8-14-20-12-3-1-2-4-13(12)22-14/h1-7H,8H2,(H2,18,19,21). The highest BCUT2D eigenvalue weighted by Gasteiger charge is 2.07. The summed E-state index contributed by atoms with van der Waals surface area (Å²) in [6.45, 7) is 0.368. The lowest BCUT2D eigenvalue weighted by Crippen LogP contribution is -2.28. The normalized spacial score (nSPS) is 10.6. The van der Waals surface area contributed by atoms with Crippen molar-refractivity contribution in [2.24, 2.45) is 0 Å². The molecule has 3 aromatic rings. The highest BCUT2D eigenvalue weighted by Crippen LogP contribution is 2.25. The quantitative estimate of drug-likeness (QED) is 0.703. The first kappa shape index (κ1) is 15.1. The largest absolute Gasteiger partial charge is 0.331 e. The Morgan fingerprint density at radius 2 is 1.95 bits per heavy atom. The molecule has 2 aromatic carbocycles. The lowest BCUT2D eigenvalue weighted by molar-refractivity contribution is 0.251. The van der Waals surface area contributed by atoms with Crippen LogP contribution in [0.2, 0.25) is 10.0 Å². The second kappa shape index (κ2) is 6.52. The van der Waals surface area contributed by atoms with E-state index in [1.165, 1.54) is 0 Å². The number of benzene rings is 2. The lowest BCUT2D eigenvalue weighted by Gasteiger charge is -2.07. The van der Waals surface area contributed by atoms with Crippen LogP contribution in [0, 0.1) is 0 Å². The molecule has 4 nitrogen and oxygen atoms in total. The number of urea groups is 1. The second-order valence-corrected chi connectivity index (χ2v) is 6.44. The van der Waals surface area contributed by atoms with Gasteiger partial charge >= 0.3 is 6.03 Å². The molecule has 0 atom stereocenters. The fourth-order valence-corrected chi connectivity index (χ4v) is 3.11. The zero-order chi connectivity index (χ0) is 15.5. The minimum Gasteiger partial charge on any atom is -0.331 e. The molecule has 2 N–H and O–H groups in total. The molecule has 7 heteroatoms. The van der Waals surface area contributed by atoms with E-state index in [4.69, 9.17) is 23.2 Å². The van der Waals surface area contributed by atoms with E-state index in [0.29, 0.717) is 22.3 Å². The van der Waals surface area contributed by atoms with Gasteiger partial charge in [0.2, 0.25) is 0 Å². The number of halogens is 2. The van der Waals surface area contributed by atoms with E-state index in [9.17, 15) is 4.79 Å². The summed E-state index contributed by atoms with van der Waals surface area (Å²) in [6, 6.07) is 12.5. The molecule has 3 rings (SSSR count). The number of carbonyl (C=O) groups is 1. The number of thiazole rings is 1. The fraction of sp³-hybridized carbons (Fsp3) is 0.0667. The molecular weight excluding hydrogens is 341 g/mol. The summed E-state index contributed by atoms with van der Waals surface area (Å²) in [5.41, 5.74) is 1.52. The summed E-state index contributed by atoms with van der Waals surface area (Å²) >= 11 is 13.3. The number of aromatic nitrogens is 1. The van der Waals surface area contributed by atoms with Crippen molar-refractivity contribution in [3.05, 3.63) is 57.5 Å². The summed E-state index contributed by atoms with van der Waals surface area (Å²) in [5, 5.41) is 7.15. The number of carbonyl (C=O) groups excluding carboxylic acids is 1. The molecule has 22 heavy (non-hydrogen) atoms. The lowest BCUT2D eigenvalue weighted by atomic mass is 10.3. The second-order valence-electron chi connectivity index (χ2n) is 4.51. The monoisotopic (exact) mass is 351 g/mol. The molecule has 0 saturated carbocycles. The Morgan fingerprint density at radius 3 is 2.73 bits per heavy atom. The molecule has 1 aromatic heterocycles. The Morgan fingerprint density at radius 1 is 1.14 bits per heavy atom. The van der Waals surface area contributed by atoms with Crippen LogP contribution in [0.1, 0.15) is 5.01 Å². The van der Waals surface area contributed by atoms with Crippen LogP contribution in [-0.2, 0) is 6.54 Å². The van der Waals surface area contributed by atoms with Gasteiger partial charge in [-0.05, 0) is 30.3 Å². The van der Waals surface area contributed by atoms with Gasteiger partial charge in [-0.2, -0.15) is 0 Å². The van der Waals surface area contributed by atoms with Crippen LogP contribution in [0.3, 0.4) is 0 Å². The molecule has 0 aliphatic heterocycles. The van der Waals surface area contributed by atoms with E-state index in [1.807, 2.05) is 24.3 Å². The van der Waals surface area contributed by atoms with E-state index < -0.39 is 0 Å². The topological polar surface area (TPSA) is 54.0 Å². The maximum atomic E-state index is 11.9. The van der Waals surface area contributed by atoms with Gasteiger partial charge < -0.3 is 10.6 Å². The SMILES string of the molecule is O=C(NCc1nc2ccccc2s1)Nc1ccc(Cl)c(Cl)c1. The van der Waals surface area contributed by atoms with Gasteiger partial charge in [-0.25, -0.2) is 9.78 Å². The number of nitrogens with one attached hydrogen (secondary N) is 2. The number of amides is 2. The van der Waals surface area contributed by atoms with Crippen LogP contribution in [0.25, 0.3) is 10.2 Å². The molecule has 0 bridgehead atoms. The van der Waals surface area contributed by atoms with Crippen molar-refractivity contribution >= 4 is 56.5 Å². The first-order valence-corrected chi connectivity index (χ1v) is 8.03. The Hall–Kier alpha value is -1.82. The summed E-state index contributed by atoms with van der Waals surface area (Å²) in [4.78, 5) is 16.3. The average Bonchev–Trinajstić information content (AvgIpc) is 2.92. The fourth-order valence-electron chi connectivity index (χ4n) is 1.90. The maximum Gasteiger partial charge on any atom is 0.319 e. The number of anilines is 1. The maximum absolute atomic E-state index is 11.9. The predicted octanol–water partition coefficient (Wildman–Crippen LogP) is 4.92. The van der Waals surface area contributed by atoms with Gasteiger partial charge in [-0.1, -0.05) is 35.3 Å². The summed E-state index contributed by atoms with van der Waals surface area (Å²) < 4.78 is 1.10. The van der Waals surface area contributed by atoms with Crippen LogP contribution in [0.15, 0.2) is 42.5 Å². The summed E-state index contributed by atoms with van der Waals surface area (Å²) in [6.07, 6.45) is 0. The molecule has 0 unspecified atom stereocenters. The van der Waals surface area contributed by atoms with Gasteiger partial charge in [0.1, 0.15) is 5.01 Å². The number of hydrogen-bond donors (Lipinski definition) is 2. The number of fused-ring (bicyclic) bond motifs is 1. The van der Waals surface area contributed by atoms with Gasteiger partial charge in [0.25, 0.3) is 0 Å². The Labute approximate surface area is 141 Å². The van der Waals surface area contributed by atoms with Crippen LogP contribution in [-0.4, -0.2) is 11.0 Å². The highest BCUT2D eigenvalue weighted by molar-refractivity contribution is 7.18. The third-order valence-corrected chi connectivity index (χ3v) is 4.69. The minimum atomic E-state index is -0.322. The first-order valence-electron chi connectivity index (χ1n) is 6.46. The van der Waals surface area contributed by atoms with Gasteiger partial charge in [-0.15, -0.1) is 11.3 Å². The molecule has 0 aliphatic rings. The first-order chi connectivity index (χ1) is 10.6. The molecule has 0 aliphatic carbocycles. The van der Waals surface area contributed by atoms with E-state index >= 15 is 0 Å². The zero-order valence-corrected chi connectivity index (χ0v) is 13.6. The van der Waals surface area contributed by atoms with Crippen LogP contribution < -0.4 is 10.6 Å². The third-order valence-electron chi connectivity index (χ3n) is 2.92. The van der Waals surface area contributed by atoms with Crippen LogP contribution >= 0.6 is 34.5 Å². The van der Waals surface area contributed by atoms with Crippen LogP contribution in [0.5, 0.6) is 0 Å². The zero-order valence-electron chi connectivity index (χ0n) is 11.3. The molecule has 0 radical (unpaired) electrons. The van der Waals surface area contributed by atoms with E-state index in [0.717, 1.165) is 15.2 Å². The summed E-state index contributed by atoms with van der Waals surface area (Å²) in [5.74, 6) is 0. The minimum absolute atomic E-state index is 0.322. The smallest absolute Gasteiger partial charge is 0.319 e. The van der Waals surface area contributed by atoms with Gasteiger partial charge in [0, 0.05) is 5.69 Å². The molecular formula is C15H11Cl2N3OS. The Kier molecular flexibility index (Phi) is 4.47. The molecule has 0 fully saturated rings. The predicted molar refractivity (Wildman–Crippen MR) is 91.9 cm³/mol. The van der Waals surface area contributed by atoms with Gasteiger partial charge in [0.15, 0.2) is 0 Å². The van der Waals surface area contributed by atoms with E-state index in [2.05, 4.69) is 15.6 Å². The molecule has 112 valence electrons. The molecule has 0 saturated heterocycles. The average molecular weight is 352 g/mol. The van der Waals surface area contributed by atoms with E-state index in [1.54, 1.807) is 29.5 Å². The molecule has 2 amide bonds. The van der Waals surface area contributed by atoms with Crippen molar-refractivity contribution in [1.82, 2.24) is 10.3 Å². The van der Waals surface area contributed by atoms with Crippen molar-refractivity contribution in [3.8, 4) is 0 Å². The van der Waals surface area contributed by atoms with Gasteiger partial charge in [-0.3, -0.25) is 0 Å². The third kappa shape index (κ3) is 3.50. The molecule has 0 spiro atoms. The Bertz CT molecular complexity index is 802. The van der Waals surface area contributed by atoms with Crippen LogP contribution in [0.4, 0.5) is 10.5 Å². The molecule has 1 heterocycles. The number of nitrogens with zero attached hydrogens (tertiary/aromatic N) is 1.